The number of thioether (sulfide) groups is 1. The fourth-order valence-corrected chi connectivity index (χ4v) is 4.02. The Balaban J connectivity index is 0.00000192. The molecular weight excluding hydrogens is 339 g/mol. The number of benzene rings is 1. The van der Waals surface area contributed by atoms with Crippen LogP contribution in [0.25, 0.3) is 0 Å². The van der Waals surface area contributed by atoms with Crippen LogP contribution in [0.5, 0.6) is 0 Å². The van der Waals surface area contributed by atoms with Gasteiger partial charge in [-0.05, 0) is 30.5 Å². The van der Waals surface area contributed by atoms with E-state index in [4.69, 9.17) is 4.74 Å². The fourth-order valence-electron chi connectivity index (χ4n) is 3.08. The van der Waals surface area contributed by atoms with Crippen molar-refractivity contribution in [3.63, 3.8) is 0 Å². The largest absolute Gasteiger partial charge is 0.381 e. The van der Waals surface area contributed by atoms with Gasteiger partial charge >= 0.3 is 0 Å². The van der Waals surface area contributed by atoms with E-state index in [0.29, 0.717) is 19.8 Å². The Morgan fingerprint density at radius 1 is 1.35 bits per heavy atom. The highest BCUT2D eigenvalue weighted by Crippen LogP contribution is 2.34. The van der Waals surface area contributed by atoms with Crippen LogP contribution in [0.1, 0.15) is 18.4 Å². The molecule has 1 aromatic rings. The third-order valence-corrected chi connectivity index (χ3v) is 5.48. The van der Waals surface area contributed by atoms with E-state index in [9.17, 15) is 9.18 Å². The van der Waals surface area contributed by atoms with Gasteiger partial charge in [-0.25, -0.2) is 4.39 Å². The molecule has 0 aliphatic carbocycles. The van der Waals surface area contributed by atoms with Crippen LogP contribution in [0.2, 0.25) is 0 Å². The zero-order valence-corrected chi connectivity index (χ0v) is 14.5. The van der Waals surface area contributed by atoms with Gasteiger partial charge < -0.3 is 10.1 Å². The van der Waals surface area contributed by atoms with Gasteiger partial charge in [0.1, 0.15) is 5.82 Å². The summed E-state index contributed by atoms with van der Waals surface area (Å²) in [5, 5.41) is 6.26. The number of hydrogen-bond donors (Lipinski definition) is 2. The molecule has 128 valence electrons. The fraction of sp³-hybridized carbons (Fsp3) is 0.562. The normalized spacial score (nSPS) is 23.1. The number of carbonyl (C=O) groups excluding carboxylic acids is 1. The third kappa shape index (κ3) is 4.38. The van der Waals surface area contributed by atoms with Gasteiger partial charge in [0.2, 0.25) is 5.91 Å². The lowest BCUT2D eigenvalue weighted by Gasteiger charge is -2.38. The summed E-state index contributed by atoms with van der Waals surface area (Å²) < 4.78 is 18.7. The van der Waals surface area contributed by atoms with Crippen LogP contribution >= 0.6 is 24.2 Å². The Morgan fingerprint density at radius 2 is 2.04 bits per heavy atom. The summed E-state index contributed by atoms with van der Waals surface area (Å²) in [6.07, 6.45) is 1.68. The molecule has 2 heterocycles. The predicted octanol–water partition coefficient (Wildman–Crippen LogP) is 2.07. The Bertz CT molecular complexity index is 517. The first kappa shape index (κ1) is 18.5. The Morgan fingerprint density at radius 3 is 2.65 bits per heavy atom. The molecule has 3 rings (SSSR count). The molecule has 2 aliphatic heterocycles. The van der Waals surface area contributed by atoms with Gasteiger partial charge in [0.25, 0.3) is 0 Å². The molecule has 2 N–H and O–H groups in total. The highest BCUT2D eigenvalue weighted by Gasteiger charge is 2.35. The topological polar surface area (TPSA) is 50.4 Å². The Hall–Kier alpha value is -0.820. The van der Waals surface area contributed by atoms with E-state index < -0.39 is 0 Å². The molecule has 2 fully saturated rings. The molecule has 0 aromatic heterocycles. The zero-order chi connectivity index (χ0) is 15.4. The summed E-state index contributed by atoms with van der Waals surface area (Å²) in [4.78, 5) is 12.2. The highest BCUT2D eigenvalue weighted by molar-refractivity contribution is 7.99. The second kappa shape index (κ2) is 8.33. The minimum Gasteiger partial charge on any atom is -0.381 e. The molecule has 2 saturated heterocycles. The van der Waals surface area contributed by atoms with E-state index in [0.717, 1.165) is 30.0 Å². The van der Waals surface area contributed by atoms with Crippen LogP contribution in [0.4, 0.5) is 4.39 Å². The number of carbonyl (C=O) groups is 1. The first-order valence-corrected chi connectivity index (χ1v) is 8.78. The van der Waals surface area contributed by atoms with E-state index >= 15 is 0 Å². The van der Waals surface area contributed by atoms with Crippen LogP contribution in [0.3, 0.4) is 0 Å². The quantitative estimate of drug-likeness (QED) is 0.863. The third-order valence-electron chi connectivity index (χ3n) is 4.54. The molecule has 4 nitrogen and oxygen atoms in total. The molecule has 0 bridgehead atoms. The van der Waals surface area contributed by atoms with Crippen molar-refractivity contribution in [2.45, 2.75) is 24.3 Å². The monoisotopic (exact) mass is 360 g/mol. The summed E-state index contributed by atoms with van der Waals surface area (Å²) in [5.74, 6) is 1.47. The van der Waals surface area contributed by atoms with Crippen LogP contribution in [0.15, 0.2) is 24.3 Å². The minimum absolute atomic E-state index is 0. The lowest BCUT2D eigenvalue weighted by Crippen LogP contribution is -2.49. The summed E-state index contributed by atoms with van der Waals surface area (Å²) >= 11 is 1.74. The lowest BCUT2D eigenvalue weighted by molar-refractivity contribution is -0.122. The van der Waals surface area contributed by atoms with Crippen molar-refractivity contribution < 1.29 is 13.9 Å². The van der Waals surface area contributed by atoms with E-state index in [1.165, 1.54) is 12.1 Å². The summed E-state index contributed by atoms with van der Waals surface area (Å²) in [7, 11) is 0. The predicted molar refractivity (Wildman–Crippen MR) is 92.6 cm³/mol. The van der Waals surface area contributed by atoms with Crippen molar-refractivity contribution >= 4 is 30.1 Å². The summed E-state index contributed by atoms with van der Waals surface area (Å²) in [5.41, 5.74) is 0.916. The molecule has 0 saturated carbocycles. The second-order valence-electron chi connectivity index (χ2n) is 5.89. The maximum Gasteiger partial charge on any atom is 0.238 e. The van der Waals surface area contributed by atoms with Crippen LogP contribution in [-0.4, -0.2) is 43.3 Å². The van der Waals surface area contributed by atoms with Gasteiger partial charge in [0.15, 0.2) is 0 Å². The number of rotatable bonds is 4. The van der Waals surface area contributed by atoms with Crippen LogP contribution in [-0.2, 0) is 14.9 Å². The molecule has 1 amide bonds. The van der Waals surface area contributed by atoms with Crippen molar-refractivity contribution in [2.24, 2.45) is 0 Å². The molecule has 1 aromatic carbocycles. The van der Waals surface area contributed by atoms with Crippen LogP contribution < -0.4 is 10.6 Å². The number of hydrogen-bond acceptors (Lipinski definition) is 4. The van der Waals surface area contributed by atoms with Gasteiger partial charge in [-0.2, -0.15) is 0 Å². The van der Waals surface area contributed by atoms with E-state index in [2.05, 4.69) is 10.6 Å². The SMILES string of the molecule is Cl.O=C(NCC1(c2ccc(F)cc2)CCOCC1)C1CSCN1. The highest BCUT2D eigenvalue weighted by atomic mass is 35.5. The van der Waals surface area contributed by atoms with Gasteiger partial charge in [-0.1, -0.05) is 12.1 Å². The molecule has 0 spiro atoms. The molecule has 1 atom stereocenters. The smallest absolute Gasteiger partial charge is 0.238 e. The van der Waals surface area contributed by atoms with Crippen molar-refractivity contribution in [3.05, 3.63) is 35.6 Å². The molecule has 1 unspecified atom stereocenters. The minimum atomic E-state index is -0.234. The molecule has 0 radical (unpaired) electrons. The number of nitrogens with one attached hydrogen (secondary N) is 2. The maximum atomic E-state index is 13.2. The number of amides is 1. The number of ether oxygens (including phenoxy) is 1. The lowest BCUT2D eigenvalue weighted by atomic mass is 9.74. The van der Waals surface area contributed by atoms with Crippen molar-refractivity contribution in [3.8, 4) is 0 Å². The molecule has 23 heavy (non-hydrogen) atoms. The summed E-state index contributed by atoms with van der Waals surface area (Å²) in [6.45, 7) is 1.92. The van der Waals surface area contributed by atoms with Gasteiger partial charge in [-0.15, -0.1) is 24.2 Å². The van der Waals surface area contributed by atoms with Crippen LogP contribution in [0, 0.1) is 5.82 Å². The Kier molecular flexibility index (Phi) is 6.71. The van der Waals surface area contributed by atoms with Gasteiger partial charge in [0, 0.05) is 36.8 Å². The van der Waals surface area contributed by atoms with Crippen molar-refractivity contribution in [1.29, 1.82) is 0 Å². The molecule has 2 aliphatic rings. The van der Waals surface area contributed by atoms with Crippen molar-refractivity contribution in [1.82, 2.24) is 10.6 Å². The first-order valence-electron chi connectivity index (χ1n) is 7.62. The van der Waals surface area contributed by atoms with E-state index in [-0.39, 0.29) is 35.6 Å². The Labute approximate surface area is 146 Å². The van der Waals surface area contributed by atoms with E-state index in [1.54, 1.807) is 11.8 Å². The average molecular weight is 361 g/mol. The molecular formula is C16H22ClFN2O2S. The molecule has 7 heteroatoms. The number of halogens is 2. The first-order chi connectivity index (χ1) is 10.7. The second-order valence-corrected chi connectivity index (χ2v) is 6.92. The zero-order valence-electron chi connectivity index (χ0n) is 12.8. The summed E-state index contributed by atoms with van der Waals surface area (Å²) in [6, 6.07) is 6.54. The standard InChI is InChI=1S/C16H21FN2O2S.ClH/c17-13-3-1-12(2-4-13)16(5-7-21-8-6-16)10-18-15(20)14-9-22-11-19-14;/h1-4,14,19H,5-11H2,(H,18,20);1H. The van der Waals surface area contributed by atoms with Crippen molar-refractivity contribution in [2.75, 3.05) is 31.4 Å². The average Bonchev–Trinajstić information content (AvgIpc) is 3.09. The maximum absolute atomic E-state index is 13.2. The van der Waals surface area contributed by atoms with Gasteiger partial charge in [-0.3, -0.25) is 10.1 Å². The van der Waals surface area contributed by atoms with Gasteiger partial charge in [0.05, 0.1) is 6.04 Å². The van der Waals surface area contributed by atoms with E-state index in [1.807, 2.05) is 12.1 Å².